The predicted octanol–water partition coefficient (Wildman–Crippen LogP) is 1.55. The Bertz CT molecular complexity index is 256. The minimum atomic E-state index is 0.782. The van der Waals surface area contributed by atoms with Gasteiger partial charge < -0.3 is 15.4 Å². The second-order valence-corrected chi connectivity index (χ2v) is 6.39. The topological polar surface area (TPSA) is 41.7 Å². The van der Waals surface area contributed by atoms with Crippen LogP contribution >= 0.6 is 0 Å². The lowest BCUT2D eigenvalue weighted by Crippen LogP contribution is -2.44. The Morgan fingerprint density at radius 1 is 1.20 bits per heavy atom. The summed E-state index contributed by atoms with van der Waals surface area (Å²) in [6.07, 6.45) is 6.53. The van der Waals surface area contributed by atoms with Crippen LogP contribution in [0, 0.1) is 5.92 Å². The summed E-state index contributed by atoms with van der Waals surface area (Å²) in [5, 5.41) is 0. The molecule has 118 valence electrons. The van der Waals surface area contributed by atoms with Gasteiger partial charge >= 0.3 is 0 Å². The fourth-order valence-corrected chi connectivity index (χ4v) is 3.65. The summed E-state index contributed by atoms with van der Waals surface area (Å²) >= 11 is 0. The zero-order valence-corrected chi connectivity index (χ0v) is 13.2. The van der Waals surface area contributed by atoms with E-state index in [1.54, 1.807) is 0 Å². The Hall–Kier alpha value is -0.160. The van der Waals surface area contributed by atoms with Crippen molar-refractivity contribution >= 4 is 0 Å². The first-order valence-electron chi connectivity index (χ1n) is 8.57. The van der Waals surface area contributed by atoms with Crippen LogP contribution in [-0.4, -0.2) is 68.3 Å². The maximum atomic E-state index is 5.67. The maximum Gasteiger partial charge on any atom is 0.0594 e. The van der Waals surface area contributed by atoms with Crippen molar-refractivity contribution in [2.24, 2.45) is 11.7 Å². The zero-order chi connectivity index (χ0) is 14.2. The van der Waals surface area contributed by atoms with E-state index in [0.29, 0.717) is 0 Å². The summed E-state index contributed by atoms with van der Waals surface area (Å²) in [7, 11) is 0. The highest BCUT2D eigenvalue weighted by atomic mass is 16.5. The van der Waals surface area contributed by atoms with Crippen LogP contribution in [-0.2, 0) is 4.74 Å². The highest BCUT2D eigenvalue weighted by molar-refractivity contribution is 4.84. The van der Waals surface area contributed by atoms with Crippen LogP contribution in [0.5, 0.6) is 0 Å². The van der Waals surface area contributed by atoms with Gasteiger partial charge in [0, 0.05) is 25.7 Å². The van der Waals surface area contributed by atoms with Crippen LogP contribution in [0.3, 0.4) is 0 Å². The molecule has 0 spiro atoms. The fraction of sp³-hybridized carbons (Fsp3) is 1.00. The molecular formula is C16H33N3O. The molecule has 4 heteroatoms. The van der Waals surface area contributed by atoms with Gasteiger partial charge in [-0.2, -0.15) is 0 Å². The number of morpholine rings is 1. The highest BCUT2D eigenvalue weighted by Crippen LogP contribution is 2.19. The van der Waals surface area contributed by atoms with Gasteiger partial charge in [0.2, 0.25) is 0 Å². The van der Waals surface area contributed by atoms with E-state index in [2.05, 4.69) is 16.7 Å². The van der Waals surface area contributed by atoms with Gasteiger partial charge in [0.1, 0.15) is 0 Å². The van der Waals surface area contributed by atoms with Crippen molar-refractivity contribution in [3.8, 4) is 0 Å². The van der Waals surface area contributed by atoms with E-state index in [1.165, 1.54) is 51.7 Å². The van der Waals surface area contributed by atoms with E-state index < -0.39 is 0 Å². The molecule has 0 saturated carbocycles. The predicted molar refractivity (Wildman–Crippen MR) is 83.9 cm³/mol. The molecule has 20 heavy (non-hydrogen) atoms. The molecule has 0 aromatic heterocycles. The van der Waals surface area contributed by atoms with Gasteiger partial charge in [-0.05, 0) is 51.2 Å². The van der Waals surface area contributed by atoms with Gasteiger partial charge in [0.15, 0.2) is 0 Å². The Labute approximate surface area is 124 Å². The SMILES string of the molecule is CCC(CCN)CCCN1CCC(N2CCOCC2)C1. The average Bonchev–Trinajstić information content (AvgIpc) is 2.96. The maximum absolute atomic E-state index is 5.67. The van der Waals surface area contributed by atoms with E-state index in [0.717, 1.165) is 44.8 Å². The second-order valence-electron chi connectivity index (χ2n) is 6.39. The number of likely N-dealkylation sites (tertiary alicyclic amines) is 1. The van der Waals surface area contributed by atoms with Gasteiger partial charge in [0.25, 0.3) is 0 Å². The number of nitrogens with zero attached hydrogens (tertiary/aromatic N) is 2. The first kappa shape index (κ1) is 16.2. The summed E-state index contributed by atoms with van der Waals surface area (Å²) in [6.45, 7) is 11.1. The molecule has 2 heterocycles. The Morgan fingerprint density at radius 2 is 2.00 bits per heavy atom. The van der Waals surface area contributed by atoms with Crippen molar-refractivity contribution in [2.45, 2.75) is 45.1 Å². The molecule has 0 aromatic carbocycles. The minimum absolute atomic E-state index is 0.782. The molecule has 2 aliphatic heterocycles. The third-order valence-electron chi connectivity index (χ3n) is 5.05. The lowest BCUT2D eigenvalue weighted by atomic mass is 9.97. The van der Waals surface area contributed by atoms with E-state index in [1.807, 2.05) is 0 Å². The van der Waals surface area contributed by atoms with Gasteiger partial charge in [0.05, 0.1) is 13.2 Å². The summed E-state index contributed by atoms with van der Waals surface area (Å²) in [6, 6.07) is 0.782. The summed E-state index contributed by atoms with van der Waals surface area (Å²) in [5.74, 6) is 0.845. The number of ether oxygens (including phenoxy) is 1. The van der Waals surface area contributed by atoms with Crippen LogP contribution in [0.15, 0.2) is 0 Å². The van der Waals surface area contributed by atoms with Crippen molar-refractivity contribution < 1.29 is 4.74 Å². The third-order valence-corrected chi connectivity index (χ3v) is 5.05. The van der Waals surface area contributed by atoms with E-state index >= 15 is 0 Å². The second kappa shape index (κ2) is 8.98. The number of hydrogen-bond donors (Lipinski definition) is 1. The minimum Gasteiger partial charge on any atom is -0.379 e. The first-order valence-corrected chi connectivity index (χ1v) is 8.57. The Morgan fingerprint density at radius 3 is 2.70 bits per heavy atom. The van der Waals surface area contributed by atoms with Crippen molar-refractivity contribution in [2.75, 3.05) is 52.5 Å². The van der Waals surface area contributed by atoms with Crippen LogP contribution in [0.2, 0.25) is 0 Å². The Balaban J connectivity index is 1.60. The largest absolute Gasteiger partial charge is 0.379 e. The van der Waals surface area contributed by atoms with Gasteiger partial charge in [-0.25, -0.2) is 0 Å². The van der Waals surface area contributed by atoms with Gasteiger partial charge in [-0.3, -0.25) is 4.90 Å². The lowest BCUT2D eigenvalue weighted by Gasteiger charge is -2.32. The third kappa shape index (κ3) is 4.99. The van der Waals surface area contributed by atoms with Crippen molar-refractivity contribution in [1.82, 2.24) is 9.80 Å². The van der Waals surface area contributed by atoms with Crippen LogP contribution in [0.1, 0.15) is 39.0 Å². The van der Waals surface area contributed by atoms with Crippen molar-refractivity contribution in [1.29, 1.82) is 0 Å². The molecule has 0 aliphatic carbocycles. The summed E-state index contributed by atoms with van der Waals surface area (Å²) < 4.78 is 5.45. The van der Waals surface area contributed by atoms with Crippen molar-refractivity contribution in [3.63, 3.8) is 0 Å². The molecule has 2 aliphatic rings. The molecule has 0 radical (unpaired) electrons. The normalized spacial score (nSPS) is 27.0. The first-order chi connectivity index (χ1) is 9.83. The quantitative estimate of drug-likeness (QED) is 0.734. The Kier molecular flexibility index (Phi) is 7.28. The monoisotopic (exact) mass is 283 g/mol. The number of hydrogen-bond acceptors (Lipinski definition) is 4. The summed E-state index contributed by atoms with van der Waals surface area (Å²) in [5.41, 5.74) is 5.67. The van der Waals surface area contributed by atoms with E-state index in [4.69, 9.17) is 10.5 Å². The fourth-order valence-electron chi connectivity index (χ4n) is 3.65. The van der Waals surface area contributed by atoms with Crippen LogP contribution in [0.4, 0.5) is 0 Å². The van der Waals surface area contributed by atoms with Crippen LogP contribution < -0.4 is 5.73 Å². The lowest BCUT2D eigenvalue weighted by molar-refractivity contribution is 0.0185. The molecule has 0 amide bonds. The zero-order valence-electron chi connectivity index (χ0n) is 13.2. The number of nitrogens with two attached hydrogens (primary N) is 1. The molecule has 0 aromatic rings. The number of rotatable bonds is 8. The molecule has 2 atom stereocenters. The molecule has 2 unspecified atom stereocenters. The van der Waals surface area contributed by atoms with E-state index in [-0.39, 0.29) is 0 Å². The van der Waals surface area contributed by atoms with Gasteiger partial charge in [-0.1, -0.05) is 13.3 Å². The molecule has 2 rings (SSSR count). The average molecular weight is 283 g/mol. The van der Waals surface area contributed by atoms with Crippen LogP contribution in [0.25, 0.3) is 0 Å². The molecule has 4 nitrogen and oxygen atoms in total. The highest BCUT2D eigenvalue weighted by Gasteiger charge is 2.28. The molecular weight excluding hydrogens is 250 g/mol. The van der Waals surface area contributed by atoms with E-state index in [9.17, 15) is 0 Å². The van der Waals surface area contributed by atoms with Gasteiger partial charge in [-0.15, -0.1) is 0 Å². The van der Waals surface area contributed by atoms with Crippen molar-refractivity contribution in [3.05, 3.63) is 0 Å². The molecule has 2 saturated heterocycles. The molecule has 0 bridgehead atoms. The smallest absolute Gasteiger partial charge is 0.0594 e. The summed E-state index contributed by atoms with van der Waals surface area (Å²) in [4.78, 5) is 5.29. The standard InChI is InChI=1S/C16H33N3O/c1-2-15(5-7-17)4-3-8-18-9-6-16(14-18)19-10-12-20-13-11-19/h15-16H,2-14,17H2,1H3. The molecule has 2 fully saturated rings. The molecule has 2 N–H and O–H groups in total.